The Morgan fingerprint density at radius 1 is 1.38 bits per heavy atom. The zero-order chi connectivity index (χ0) is 6.99. The van der Waals surface area contributed by atoms with Gasteiger partial charge in [0.1, 0.15) is 0 Å². The van der Waals surface area contributed by atoms with E-state index < -0.39 is 0 Å². The average Bonchev–Trinajstić information content (AvgIpc) is 1.72. The first-order valence-corrected chi connectivity index (χ1v) is 3.11. The van der Waals surface area contributed by atoms with Crippen LogP contribution >= 0.6 is 0 Å². The Labute approximate surface area is 52.6 Å². The van der Waals surface area contributed by atoms with Crippen molar-refractivity contribution < 1.29 is 0 Å². The van der Waals surface area contributed by atoms with E-state index in [0.717, 1.165) is 0 Å². The maximum atomic E-state index is 5.15. The van der Waals surface area contributed by atoms with Crippen LogP contribution in [0.3, 0.4) is 0 Å². The van der Waals surface area contributed by atoms with Gasteiger partial charge in [0.2, 0.25) is 0 Å². The molecule has 50 valence electrons. The van der Waals surface area contributed by atoms with Crippen LogP contribution in [0.1, 0.15) is 27.7 Å². The SMILES string of the molecule is CC.CC(C)=CCN. The lowest BCUT2D eigenvalue weighted by molar-refractivity contribution is 1.21. The largest absolute Gasteiger partial charge is 0.327 e. The summed E-state index contributed by atoms with van der Waals surface area (Å²) >= 11 is 0. The Hall–Kier alpha value is -0.300. The summed E-state index contributed by atoms with van der Waals surface area (Å²) in [4.78, 5) is 0. The van der Waals surface area contributed by atoms with Crippen LogP contribution in [0.4, 0.5) is 0 Å². The van der Waals surface area contributed by atoms with Gasteiger partial charge < -0.3 is 5.73 Å². The molecule has 0 saturated carbocycles. The molecule has 0 aromatic rings. The van der Waals surface area contributed by atoms with Gasteiger partial charge in [-0.05, 0) is 13.8 Å². The molecule has 0 heterocycles. The monoisotopic (exact) mass is 115 g/mol. The third kappa shape index (κ3) is 17.3. The van der Waals surface area contributed by atoms with Crippen LogP contribution in [0.15, 0.2) is 11.6 Å². The fraction of sp³-hybridized carbons (Fsp3) is 0.714. The average molecular weight is 115 g/mol. The first-order valence-electron chi connectivity index (χ1n) is 3.11. The molecule has 0 saturated heterocycles. The van der Waals surface area contributed by atoms with Gasteiger partial charge in [0.15, 0.2) is 0 Å². The van der Waals surface area contributed by atoms with Gasteiger partial charge in [-0.25, -0.2) is 0 Å². The lowest BCUT2D eigenvalue weighted by Gasteiger charge is -1.80. The van der Waals surface area contributed by atoms with Crippen LogP contribution in [0.25, 0.3) is 0 Å². The van der Waals surface area contributed by atoms with Crippen molar-refractivity contribution in [2.45, 2.75) is 27.7 Å². The third-order valence-corrected chi connectivity index (χ3v) is 0.526. The molecule has 0 aromatic carbocycles. The maximum absolute atomic E-state index is 5.15. The molecular weight excluding hydrogens is 98.1 g/mol. The highest BCUT2D eigenvalue weighted by atomic mass is 14.5. The molecular formula is C7H17N. The van der Waals surface area contributed by atoms with E-state index in [1.54, 1.807) is 0 Å². The van der Waals surface area contributed by atoms with E-state index in [1.165, 1.54) is 5.57 Å². The third-order valence-electron chi connectivity index (χ3n) is 0.526. The highest BCUT2D eigenvalue weighted by Gasteiger charge is 1.67. The highest BCUT2D eigenvalue weighted by Crippen LogP contribution is 1.82. The highest BCUT2D eigenvalue weighted by molar-refractivity contribution is 4.93. The van der Waals surface area contributed by atoms with Crippen molar-refractivity contribution in [1.82, 2.24) is 0 Å². The van der Waals surface area contributed by atoms with E-state index in [2.05, 4.69) is 0 Å². The first kappa shape index (κ1) is 10.6. The van der Waals surface area contributed by atoms with Crippen LogP contribution in [0.5, 0.6) is 0 Å². The lowest BCUT2D eigenvalue weighted by Crippen LogP contribution is -1.92. The topological polar surface area (TPSA) is 26.0 Å². The number of rotatable bonds is 1. The van der Waals surface area contributed by atoms with Gasteiger partial charge in [-0.3, -0.25) is 0 Å². The Kier molecular flexibility index (Phi) is 13.1. The van der Waals surface area contributed by atoms with Crippen molar-refractivity contribution in [1.29, 1.82) is 0 Å². The fourth-order valence-corrected chi connectivity index (χ4v) is 0.236. The Morgan fingerprint density at radius 3 is 1.75 bits per heavy atom. The molecule has 0 amide bonds. The van der Waals surface area contributed by atoms with Gasteiger partial charge in [-0.2, -0.15) is 0 Å². The molecule has 0 aliphatic carbocycles. The predicted molar refractivity (Wildman–Crippen MR) is 39.8 cm³/mol. The molecule has 0 spiro atoms. The van der Waals surface area contributed by atoms with Crippen LogP contribution in [-0.2, 0) is 0 Å². The van der Waals surface area contributed by atoms with Crippen LogP contribution in [0, 0.1) is 0 Å². The summed E-state index contributed by atoms with van der Waals surface area (Å²) < 4.78 is 0. The molecule has 0 aromatic heterocycles. The van der Waals surface area contributed by atoms with Crippen molar-refractivity contribution in [3.8, 4) is 0 Å². The molecule has 0 fully saturated rings. The van der Waals surface area contributed by atoms with Crippen molar-refractivity contribution in [2.75, 3.05) is 6.54 Å². The minimum absolute atomic E-state index is 0.669. The van der Waals surface area contributed by atoms with Crippen LogP contribution in [-0.4, -0.2) is 6.54 Å². The molecule has 0 aliphatic heterocycles. The van der Waals surface area contributed by atoms with E-state index in [4.69, 9.17) is 5.73 Å². The van der Waals surface area contributed by atoms with Crippen molar-refractivity contribution >= 4 is 0 Å². The van der Waals surface area contributed by atoms with Crippen molar-refractivity contribution in [3.63, 3.8) is 0 Å². The molecule has 0 radical (unpaired) electrons. The second kappa shape index (κ2) is 9.85. The normalized spacial score (nSPS) is 6.62. The van der Waals surface area contributed by atoms with Gasteiger partial charge in [-0.1, -0.05) is 25.5 Å². The van der Waals surface area contributed by atoms with Crippen molar-refractivity contribution in [3.05, 3.63) is 11.6 Å². The summed E-state index contributed by atoms with van der Waals surface area (Å²) in [5.74, 6) is 0. The molecule has 1 nitrogen and oxygen atoms in total. The quantitative estimate of drug-likeness (QED) is 0.519. The second-order valence-corrected chi connectivity index (χ2v) is 1.52. The predicted octanol–water partition coefficient (Wildman–Crippen LogP) is 1.94. The van der Waals surface area contributed by atoms with E-state index in [1.807, 2.05) is 33.8 Å². The Bertz CT molecular complexity index is 51.4. The van der Waals surface area contributed by atoms with Gasteiger partial charge in [0.05, 0.1) is 0 Å². The van der Waals surface area contributed by atoms with Gasteiger partial charge in [0.25, 0.3) is 0 Å². The summed E-state index contributed by atoms with van der Waals surface area (Å²) in [7, 11) is 0. The van der Waals surface area contributed by atoms with Crippen molar-refractivity contribution in [2.24, 2.45) is 5.73 Å². The fourth-order valence-electron chi connectivity index (χ4n) is 0.236. The number of nitrogens with two attached hydrogens (primary N) is 1. The Balaban J connectivity index is 0. The van der Waals surface area contributed by atoms with Crippen LogP contribution < -0.4 is 5.73 Å². The zero-order valence-corrected chi connectivity index (χ0v) is 6.36. The minimum Gasteiger partial charge on any atom is -0.327 e. The second-order valence-electron chi connectivity index (χ2n) is 1.52. The number of allylic oxidation sites excluding steroid dienone is 1. The molecule has 0 bridgehead atoms. The molecule has 2 N–H and O–H groups in total. The molecule has 8 heavy (non-hydrogen) atoms. The molecule has 0 atom stereocenters. The summed E-state index contributed by atoms with van der Waals surface area (Å²) in [6.45, 7) is 8.74. The van der Waals surface area contributed by atoms with E-state index in [0.29, 0.717) is 6.54 Å². The summed E-state index contributed by atoms with van der Waals surface area (Å²) in [5.41, 5.74) is 6.44. The van der Waals surface area contributed by atoms with Gasteiger partial charge >= 0.3 is 0 Å². The van der Waals surface area contributed by atoms with Gasteiger partial charge in [-0.15, -0.1) is 0 Å². The summed E-state index contributed by atoms with van der Waals surface area (Å²) in [6.07, 6.45) is 1.99. The van der Waals surface area contributed by atoms with E-state index in [9.17, 15) is 0 Å². The first-order chi connectivity index (χ1) is 3.77. The lowest BCUT2D eigenvalue weighted by atomic mass is 10.3. The number of hydrogen-bond donors (Lipinski definition) is 1. The standard InChI is InChI=1S/C5H11N.C2H6/c1-5(2)3-4-6;1-2/h3H,4,6H2,1-2H3;1-2H3. The van der Waals surface area contributed by atoms with Gasteiger partial charge in [0, 0.05) is 6.54 Å². The Morgan fingerprint density at radius 2 is 1.75 bits per heavy atom. The van der Waals surface area contributed by atoms with E-state index >= 15 is 0 Å². The smallest absolute Gasteiger partial charge is 0.0109 e. The molecule has 0 aliphatic rings. The number of hydrogen-bond acceptors (Lipinski definition) is 1. The molecule has 0 rings (SSSR count). The summed E-state index contributed by atoms with van der Waals surface area (Å²) in [6, 6.07) is 0. The molecule has 0 unspecified atom stereocenters. The minimum atomic E-state index is 0.669. The van der Waals surface area contributed by atoms with E-state index in [-0.39, 0.29) is 0 Å². The zero-order valence-electron chi connectivity index (χ0n) is 6.36. The van der Waals surface area contributed by atoms with Crippen LogP contribution in [0.2, 0.25) is 0 Å². The summed E-state index contributed by atoms with van der Waals surface area (Å²) in [5, 5.41) is 0. The maximum Gasteiger partial charge on any atom is 0.0109 e. The molecule has 1 heteroatoms.